The van der Waals surface area contributed by atoms with E-state index in [1.807, 2.05) is 0 Å². The molecule has 2 aliphatic rings. The van der Waals surface area contributed by atoms with Gasteiger partial charge in [0, 0.05) is 5.92 Å². The summed E-state index contributed by atoms with van der Waals surface area (Å²) in [7, 11) is 0. The second-order valence-corrected chi connectivity index (χ2v) is 4.84. The van der Waals surface area contributed by atoms with Crippen molar-refractivity contribution in [3.05, 3.63) is 0 Å². The Morgan fingerprint density at radius 1 is 1.56 bits per heavy atom. The Labute approximate surface area is 96.2 Å². The number of esters is 1. The van der Waals surface area contributed by atoms with Crippen LogP contribution in [0.5, 0.6) is 0 Å². The number of fused-ring (bicyclic) bond motifs is 1. The smallest absolute Gasteiger partial charge is 0.315 e. The Hall–Kier alpha value is -1.01. The molecule has 2 rings (SSSR count). The zero-order valence-electron chi connectivity index (χ0n) is 9.66. The first-order chi connectivity index (χ1) is 7.60. The van der Waals surface area contributed by atoms with Crippen molar-refractivity contribution in [3.8, 4) is 12.3 Å². The number of hydrogen-bond donors (Lipinski definition) is 1. The molecule has 3 nitrogen and oxygen atoms in total. The summed E-state index contributed by atoms with van der Waals surface area (Å²) in [5.41, 5.74) is -1.74. The molecule has 0 aromatic carbocycles. The third-order valence-electron chi connectivity index (χ3n) is 4.29. The normalized spacial score (nSPS) is 41.4. The van der Waals surface area contributed by atoms with Gasteiger partial charge >= 0.3 is 5.97 Å². The minimum atomic E-state index is -1.02. The lowest BCUT2D eigenvalue weighted by Crippen LogP contribution is -2.49. The van der Waals surface area contributed by atoms with E-state index in [1.54, 1.807) is 6.92 Å². The highest BCUT2D eigenvalue weighted by Gasteiger charge is 2.66. The highest BCUT2D eigenvalue weighted by molar-refractivity contribution is 5.80. The van der Waals surface area contributed by atoms with Gasteiger partial charge in [0.25, 0.3) is 0 Å². The Balaban J connectivity index is 2.33. The Bertz CT molecular complexity index is 344. The van der Waals surface area contributed by atoms with Crippen molar-refractivity contribution < 1.29 is 14.6 Å². The van der Waals surface area contributed by atoms with Crippen molar-refractivity contribution in [1.29, 1.82) is 0 Å². The molecule has 2 aliphatic carbocycles. The van der Waals surface area contributed by atoms with E-state index in [0.29, 0.717) is 25.9 Å². The summed E-state index contributed by atoms with van der Waals surface area (Å²) in [5, 5.41) is 10.7. The van der Waals surface area contributed by atoms with E-state index in [9.17, 15) is 9.90 Å². The summed E-state index contributed by atoms with van der Waals surface area (Å²) in [4.78, 5) is 12.1. The van der Waals surface area contributed by atoms with Gasteiger partial charge < -0.3 is 9.84 Å². The first-order valence-corrected chi connectivity index (χ1v) is 5.96. The number of carbonyl (C=O) groups is 1. The highest BCUT2D eigenvalue weighted by Crippen LogP contribution is 2.60. The van der Waals surface area contributed by atoms with Gasteiger partial charge in [0.15, 0.2) is 0 Å². The van der Waals surface area contributed by atoms with Crippen LogP contribution in [-0.2, 0) is 9.53 Å². The quantitative estimate of drug-likeness (QED) is 0.569. The second kappa shape index (κ2) is 3.78. The van der Waals surface area contributed by atoms with Crippen LogP contribution in [0, 0.1) is 23.7 Å². The predicted octanol–water partition coefficient (Wildman–Crippen LogP) is 1.49. The summed E-state index contributed by atoms with van der Waals surface area (Å²) in [6, 6.07) is 0. The molecule has 3 unspecified atom stereocenters. The number of aliphatic hydroxyl groups is 1. The third-order valence-corrected chi connectivity index (χ3v) is 4.29. The number of terminal acetylenes is 1. The maximum atomic E-state index is 12.1. The van der Waals surface area contributed by atoms with Gasteiger partial charge in [-0.2, -0.15) is 0 Å². The lowest BCUT2D eigenvalue weighted by atomic mass is 9.74. The minimum absolute atomic E-state index is 0.195. The van der Waals surface area contributed by atoms with Crippen LogP contribution in [0.25, 0.3) is 0 Å². The largest absolute Gasteiger partial charge is 0.465 e. The lowest BCUT2D eigenvalue weighted by Gasteiger charge is -2.35. The molecule has 2 fully saturated rings. The van der Waals surface area contributed by atoms with Gasteiger partial charge in [-0.3, -0.25) is 4.79 Å². The van der Waals surface area contributed by atoms with Crippen LogP contribution in [0.4, 0.5) is 0 Å². The van der Waals surface area contributed by atoms with Crippen LogP contribution in [0.15, 0.2) is 0 Å². The molecule has 3 atom stereocenters. The molecule has 16 heavy (non-hydrogen) atoms. The molecule has 88 valence electrons. The summed E-state index contributed by atoms with van der Waals surface area (Å²) >= 11 is 0. The zero-order chi connectivity index (χ0) is 11.8. The Morgan fingerprint density at radius 3 is 2.94 bits per heavy atom. The molecular weight excluding hydrogens is 204 g/mol. The first kappa shape index (κ1) is 11.5. The lowest BCUT2D eigenvalue weighted by molar-refractivity contribution is -0.168. The molecule has 0 aromatic rings. The Kier molecular flexibility index (Phi) is 2.71. The van der Waals surface area contributed by atoms with Crippen molar-refractivity contribution in [2.75, 3.05) is 6.61 Å². The van der Waals surface area contributed by atoms with Crippen molar-refractivity contribution >= 4 is 5.97 Å². The topological polar surface area (TPSA) is 46.5 Å². The van der Waals surface area contributed by atoms with E-state index in [0.717, 1.165) is 12.8 Å². The molecule has 0 saturated heterocycles. The fourth-order valence-electron chi connectivity index (χ4n) is 3.47. The highest BCUT2D eigenvalue weighted by atomic mass is 16.5. The van der Waals surface area contributed by atoms with E-state index < -0.39 is 11.0 Å². The monoisotopic (exact) mass is 222 g/mol. The van der Waals surface area contributed by atoms with Gasteiger partial charge in [0.2, 0.25) is 0 Å². The van der Waals surface area contributed by atoms with Crippen molar-refractivity contribution in [1.82, 2.24) is 0 Å². The molecule has 2 saturated carbocycles. The number of carbonyl (C=O) groups excluding carboxylic acids is 1. The number of hydrogen-bond acceptors (Lipinski definition) is 3. The van der Waals surface area contributed by atoms with Crippen molar-refractivity contribution in [2.45, 2.75) is 44.6 Å². The zero-order valence-corrected chi connectivity index (χ0v) is 9.66. The van der Waals surface area contributed by atoms with Gasteiger partial charge in [-0.1, -0.05) is 0 Å². The molecular formula is C13H18O3. The van der Waals surface area contributed by atoms with Crippen molar-refractivity contribution in [3.63, 3.8) is 0 Å². The summed E-state index contributed by atoms with van der Waals surface area (Å²) < 4.78 is 5.12. The van der Waals surface area contributed by atoms with Gasteiger partial charge in [0.1, 0.15) is 0 Å². The first-order valence-electron chi connectivity index (χ1n) is 5.96. The molecule has 0 bridgehead atoms. The SMILES string of the molecule is C#CC1CCC2(C(=O)OCC)CCCC12O. The summed E-state index contributed by atoms with van der Waals surface area (Å²) in [5.74, 6) is 2.19. The van der Waals surface area contributed by atoms with Gasteiger partial charge in [0.05, 0.1) is 17.6 Å². The summed E-state index contributed by atoms with van der Waals surface area (Å²) in [6.07, 6.45) is 9.03. The molecule has 0 aliphatic heterocycles. The standard InChI is InChI=1S/C13H18O3/c1-3-10-6-9-12(11(14)16-4-2)7-5-8-13(10,12)15/h1,10,15H,4-9H2,2H3. The van der Waals surface area contributed by atoms with Gasteiger partial charge in [-0.05, 0) is 39.0 Å². The molecule has 0 radical (unpaired) electrons. The van der Waals surface area contributed by atoms with Crippen molar-refractivity contribution in [2.24, 2.45) is 11.3 Å². The number of rotatable bonds is 2. The van der Waals surface area contributed by atoms with Crippen LogP contribution in [0.2, 0.25) is 0 Å². The molecule has 0 heterocycles. The maximum Gasteiger partial charge on any atom is 0.315 e. The van der Waals surface area contributed by atoms with Crippen LogP contribution >= 0.6 is 0 Å². The molecule has 3 heteroatoms. The van der Waals surface area contributed by atoms with Crippen LogP contribution in [0.3, 0.4) is 0 Å². The van der Waals surface area contributed by atoms with E-state index in [2.05, 4.69) is 5.92 Å². The second-order valence-electron chi connectivity index (χ2n) is 4.84. The Morgan fingerprint density at radius 2 is 2.31 bits per heavy atom. The fourth-order valence-corrected chi connectivity index (χ4v) is 3.47. The molecule has 1 N–H and O–H groups in total. The van der Waals surface area contributed by atoms with Gasteiger partial charge in [-0.25, -0.2) is 0 Å². The van der Waals surface area contributed by atoms with E-state index in [-0.39, 0.29) is 11.9 Å². The van der Waals surface area contributed by atoms with E-state index in [1.165, 1.54) is 0 Å². The maximum absolute atomic E-state index is 12.1. The van der Waals surface area contributed by atoms with E-state index in [4.69, 9.17) is 11.2 Å². The molecule has 0 aromatic heterocycles. The van der Waals surface area contributed by atoms with E-state index >= 15 is 0 Å². The van der Waals surface area contributed by atoms with Crippen LogP contribution in [0.1, 0.15) is 39.0 Å². The average molecular weight is 222 g/mol. The summed E-state index contributed by atoms with van der Waals surface area (Å²) in [6.45, 7) is 2.15. The number of ether oxygens (including phenoxy) is 1. The third kappa shape index (κ3) is 1.23. The predicted molar refractivity (Wildman–Crippen MR) is 59.4 cm³/mol. The average Bonchev–Trinajstić information content (AvgIpc) is 2.70. The fraction of sp³-hybridized carbons (Fsp3) is 0.769. The molecule has 0 spiro atoms. The van der Waals surface area contributed by atoms with Crippen LogP contribution in [-0.4, -0.2) is 23.3 Å². The van der Waals surface area contributed by atoms with Crippen LogP contribution < -0.4 is 0 Å². The minimum Gasteiger partial charge on any atom is -0.465 e. The molecule has 0 amide bonds. The van der Waals surface area contributed by atoms with Gasteiger partial charge in [-0.15, -0.1) is 12.3 Å².